The van der Waals surface area contributed by atoms with E-state index in [2.05, 4.69) is 13.8 Å². The molecular formula is C10H14. The predicted molar refractivity (Wildman–Crippen MR) is 45.0 cm³/mol. The van der Waals surface area contributed by atoms with E-state index in [0.717, 1.165) is 12.0 Å². The van der Waals surface area contributed by atoms with E-state index in [1.54, 1.807) is 0 Å². The minimum Gasteiger partial charge on any atom is -0.0625 e. The van der Waals surface area contributed by atoms with E-state index >= 15 is 0 Å². The third kappa shape index (κ3) is 2.22. The molecular weight excluding hydrogens is 120 g/mol. The van der Waals surface area contributed by atoms with Crippen LogP contribution in [0.2, 0.25) is 0 Å². The lowest BCUT2D eigenvalue weighted by molar-refractivity contribution is 0.647. The Morgan fingerprint density at radius 1 is 1.40 bits per heavy atom. The first kappa shape index (κ1) is 5.96. The standard InChI is InChI=1S/C10H14/c1-9(2)8-10-6-4-3-5-7-10/h3-7,9H,8H2,1-2H3/i6D. The summed E-state index contributed by atoms with van der Waals surface area (Å²) < 4.78 is 7.56. The highest BCUT2D eigenvalue weighted by Crippen LogP contribution is 2.05. The van der Waals surface area contributed by atoms with Gasteiger partial charge >= 0.3 is 0 Å². The van der Waals surface area contributed by atoms with Crippen LogP contribution < -0.4 is 0 Å². The molecule has 0 radical (unpaired) electrons. The van der Waals surface area contributed by atoms with Crippen molar-refractivity contribution < 1.29 is 1.37 Å². The summed E-state index contributed by atoms with van der Waals surface area (Å²) in [6, 6.07) is 8.45. The van der Waals surface area contributed by atoms with Gasteiger partial charge in [-0.05, 0) is 17.9 Å². The molecule has 0 fully saturated rings. The fourth-order valence-electron chi connectivity index (χ4n) is 0.997. The van der Waals surface area contributed by atoms with Crippen molar-refractivity contribution in [2.24, 2.45) is 5.92 Å². The number of hydrogen-bond donors (Lipinski definition) is 0. The van der Waals surface area contributed by atoms with E-state index in [1.165, 1.54) is 0 Å². The summed E-state index contributed by atoms with van der Waals surface area (Å²) in [5.74, 6) is 0.640. The molecule has 0 aliphatic heterocycles. The van der Waals surface area contributed by atoms with E-state index in [1.807, 2.05) is 24.3 Å². The van der Waals surface area contributed by atoms with Crippen LogP contribution in [0.25, 0.3) is 0 Å². The molecule has 10 heavy (non-hydrogen) atoms. The normalized spacial score (nSPS) is 11.7. The van der Waals surface area contributed by atoms with Crippen molar-refractivity contribution >= 4 is 0 Å². The van der Waals surface area contributed by atoms with Gasteiger partial charge in [0.05, 0.1) is 1.37 Å². The van der Waals surface area contributed by atoms with Gasteiger partial charge in [0.25, 0.3) is 0 Å². The fourth-order valence-corrected chi connectivity index (χ4v) is 0.997. The monoisotopic (exact) mass is 135 g/mol. The summed E-state index contributed by atoms with van der Waals surface area (Å²) in [6.45, 7) is 4.35. The lowest BCUT2D eigenvalue weighted by atomic mass is 10.0. The molecule has 0 spiro atoms. The van der Waals surface area contributed by atoms with Gasteiger partial charge in [-0.2, -0.15) is 0 Å². The molecule has 0 aliphatic rings. The second-order valence-corrected chi connectivity index (χ2v) is 2.99. The maximum Gasteiger partial charge on any atom is 0.0626 e. The van der Waals surface area contributed by atoms with E-state index in [-0.39, 0.29) is 0 Å². The first-order valence-electron chi connectivity index (χ1n) is 4.24. The molecule has 0 nitrogen and oxygen atoms in total. The minimum atomic E-state index is 0.640. The maximum atomic E-state index is 7.56. The van der Waals surface area contributed by atoms with Gasteiger partial charge in [-0.15, -0.1) is 0 Å². The average molecular weight is 135 g/mol. The number of hydrogen-bond acceptors (Lipinski definition) is 0. The van der Waals surface area contributed by atoms with Gasteiger partial charge in [-0.3, -0.25) is 0 Å². The highest BCUT2D eigenvalue weighted by atomic mass is 14.0. The molecule has 1 aromatic carbocycles. The topological polar surface area (TPSA) is 0 Å². The quantitative estimate of drug-likeness (QED) is 0.585. The molecule has 0 aromatic heterocycles. The van der Waals surface area contributed by atoms with Gasteiger partial charge in [0.1, 0.15) is 0 Å². The van der Waals surface area contributed by atoms with Crippen LogP contribution in [-0.4, -0.2) is 0 Å². The maximum absolute atomic E-state index is 7.56. The molecule has 0 heteroatoms. The van der Waals surface area contributed by atoms with Crippen molar-refractivity contribution in [3.63, 3.8) is 0 Å². The summed E-state index contributed by atoms with van der Waals surface area (Å²) in [5, 5.41) is 0. The van der Waals surface area contributed by atoms with Crippen LogP contribution in [0, 0.1) is 5.92 Å². The first-order valence-corrected chi connectivity index (χ1v) is 3.74. The molecule has 54 valence electrons. The SMILES string of the molecule is [2H]c1ccccc1CC(C)C. The van der Waals surface area contributed by atoms with Gasteiger partial charge in [0, 0.05) is 0 Å². The third-order valence-corrected chi connectivity index (χ3v) is 1.40. The summed E-state index contributed by atoms with van der Waals surface area (Å²) in [6.07, 6.45) is 1.01. The molecule has 1 aromatic rings. The molecule has 0 saturated carbocycles. The van der Waals surface area contributed by atoms with Gasteiger partial charge < -0.3 is 0 Å². The first-order chi connectivity index (χ1) is 5.20. The second-order valence-electron chi connectivity index (χ2n) is 2.99. The zero-order chi connectivity index (χ0) is 8.27. The van der Waals surface area contributed by atoms with E-state index in [9.17, 15) is 0 Å². The predicted octanol–water partition coefficient (Wildman–Crippen LogP) is 2.89. The largest absolute Gasteiger partial charge is 0.0626 e. The van der Waals surface area contributed by atoms with Crippen LogP contribution in [-0.2, 0) is 6.42 Å². The van der Waals surface area contributed by atoms with Gasteiger partial charge in [0.15, 0.2) is 0 Å². The highest BCUT2D eigenvalue weighted by molar-refractivity contribution is 5.14. The van der Waals surface area contributed by atoms with Crippen LogP contribution in [0.15, 0.2) is 30.3 Å². The average Bonchev–Trinajstić information content (AvgIpc) is 1.93. The molecule has 0 saturated heterocycles. The second kappa shape index (κ2) is 3.40. The van der Waals surface area contributed by atoms with Crippen molar-refractivity contribution in [2.45, 2.75) is 20.3 Å². The van der Waals surface area contributed by atoms with Crippen molar-refractivity contribution in [1.29, 1.82) is 0 Å². The van der Waals surface area contributed by atoms with Gasteiger partial charge in [-0.1, -0.05) is 44.2 Å². The Hall–Kier alpha value is -0.780. The van der Waals surface area contributed by atoms with Crippen molar-refractivity contribution in [2.75, 3.05) is 0 Å². The van der Waals surface area contributed by atoms with E-state index in [4.69, 9.17) is 1.37 Å². The Kier molecular flexibility index (Phi) is 2.03. The summed E-state index contributed by atoms with van der Waals surface area (Å²) in [5.41, 5.74) is 1.16. The Balaban J connectivity index is 2.78. The van der Waals surface area contributed by atoms with Crippen molar-refractivity contribution in [3.05, 3.63) is 35.9 Å². The van der Waals surface area contributed by atoms with E-state index < -0.39 is 0 Å². The number of benzene rings is 1. The fraction of sp³-hybridized carbons (Fsp3) is 0.400. The molecule has 0 bridgehead atoms. The Morgan fingerprint density at radius 3 is 2.80 bits per heavy atom. The Labute approximate surface area is 64.3 Å². The van der Waals surface area contributed by atoms with Crippen LogP contribution in [0.4, 0.5) is 0 Å². The summed E-state index contributed by atoms with van der Waals surface area (Å²) >= 11 is 0. The van der Waals surface area contributed by atoms with Crippen molar-refractivity contribution in [1.82, 2.24) is 0 Å². The summed E-state index contributed by atoms with van der Waals surface area (Å²) in [7, 11) is 0. The number of rotatable bonds is 2. The lowest BCUT2D eigenvalue weighted by Gasteiger charge is -2.02. The Bertz CT molecular complexity index is 228. The third-order valence-electron chi connectivity index (χ3n) is 1.40. The molecule has 0 unspecified atom stereocenters. The zero-order valence-electron chi connectivity index (χ0n) is 7.59. The van der Waals surface area contributed by atoms with Gasteiger partial charge in [-0.25, -0.2) is 0 Å². The van der Waals surface area contributed by atoms with E-state index in [0.29, 0.717) is 12.0 Å². The van der Waals surface area contributed by atoms with Crippen LogP contribution in [0.1, 0.15) is 20.8 Å². The molecule has 0 atom stereocenters. The minimum absolute atomic E-state index is 0.640. The Morgan fingerprint density at radius 2 is 2.20 bits per heavy atom. The molecule has 0 N–H and O–H groups in total. The summed E-state index contributed by atoms with van der Waals surface area (Å²) in [4.78, 5) is 0. The smallest absolute Gasteiger partial charge is 0.0625 e. The van der Waals surface area contributed by atoms with Crippen LogP contribution >= 0.6 is 0 Å². The van der Waals surface area contributed by atoms with Crippen LogP contribution in [0.3, 0.4) is 0 Å². The molecule has 1 rings (SSSR count). The van der Waals surface area contributed by atoms with Crippen LogP contribution in [0.5, 0.6) is 0 Å². The molecule has 0 aliphatic carbocycles. The zero-order valence-corrected chi connectivity index (χ0v) is 6.59. The van der Waals surface area contributed by atoms with Crippen molar-refractivity contribution in [3.8, 4) is 0 Å². The molecule has 0 heterocycles. The highest BCUT2D eigenvalue weighted by Gasteiger charge is 1.94. The lowest BCUT2D eigenvalue weighted by Crippen LogP contribution is -1.92. The van der Waals surface area contributed by atoms with Gasteiger partial charge in [0.2, 0.25) is 0 Å². The molecule has 0 amide bonds.